The molecule has 1 fully saturated rings. The molecule has 0 saturated carbocycles. The van der Waals surface area contributed by atoms with E-state index in [0.29, 0.717) is 22.3 Å². The molecule has 0 aromatic heterocycles. The Labute approximate surface area is 166 Å². The van der Waals surface area contributed by atoms with Crippen LogP contribution >= 0.6 is 23.8 Å². The number of nitrogens with one attached hydrogen (secondary N) is 1. The van der Waals surface area contributed by atoms with Crippen molar-refractivity contribution in [3.8, 4) is 11.5 Å². The maximum absolute atomic E-state index is 13.3. The first-order valence-corrected chi connectivity index (χ1v) is 8.73. The fraction of sp³-hybridized carbons (Fsp3) is 0.158. The van der Waals surface area contributed by atoms with Gasteiger partial charge in [-0.3, -0.25) is 9.69 Å². The number of benzene rings is 2. The number of carbonyl (C=O) groups excluding carboxylic acids is 1. The summed E-state index contributed by atoms with van der Waals surface area (Å²) in [6.07, 6.45) is 1.70. The van der Waals surface area contributed by atoms with E-state index in [1.165, 1.54) is 23.1 Å². The fourth-order valence-electron chi connectivity index (χ4n) is 2.52. The predicted molar refractivity (Wildman–Crippen MR) is 105 cm³/mol. The summed E-state index contributed by atoms with van der Waals surface area (Å²) in [7, 11) is 3.17. The van der Waals surface area contributed by atoms with E-state index in [-0.39, 0.29) is 17.5 Å². The summed E-state index contributed by atoms with van der Waals surface area (Å²) < 4.78 is 24.3. The molecule has 1 aliphatic rings. The number of rotatable bonds is 5. The quantitative estimate of drug-likeness (QED) is 0.605. The summed E-state index contributed by atoms with van der Waals surface area (Å²) in [6.45, 7) is 0.182. The highest BCUT2D eigenvalue weighted by Crippen LogP contribution is 2.26. The van der Waals surface area contributed by atoms with Crippen molar-refractivity contribution in [2.45, 2.75) is 6.61 Å². The topological polar surface area (TPSA) is 50.8 Å². The van der Waals surface area contributed by atoms with Crippen molar-refractivity contribution < 1.29 is 18.7 Å². The van der Waals surface area contributed by atoms with Crippen LogP contribution in [0.1, 0.15) is 11.1 Å². The molecule has 5 nitrogen and oxygen atoms in total. The second kappa shape index (κ2) is 7.94. The lowest BCUT2D eigenvalue weighted by molar-refractivity contribution is -0.121. The van der Waals surface area contributed by atoms with Crippen LogP contribution in [-0.2, 0) is 11.4 Å². The summed E-state index contributed by atoms with van der Waals surface area (Å²) in [6, 6.07) is 9.59. The third kappa shape index (κ3) is 4.20. The Morgan fingerprint density at radius 1 is 1.30 bits per heavy atom. The van der Waals surface area contributed by atoms with Crippen LogP contribution in [0, 0.1) is 5.82 Å². The molecule has 27 heavy (non-hydrogen) atoms. The Balaban J connectivity index is 1.82. The lowest BCUT2D eigenvalue weighted by atomic mass is 10.1. The first kappa shape index (κ1) is 19.1. The summed E-state index contributed by atoms with van der Waals surface area (Å²) in [4.78, 5) is 13.5. The van der Waals surface area contributed by atoms with Crippen molar-refractivity contribution in [3.63, 3.8) is 0 Å². The maximum Gasteiger partial charge on any atom is 0.276 e. The molecular weight excluding hydrogens is 391 g/mol. The number of nitrogens with zero attached hydrogens (tertiary/aromatic N) is 1. The van der Waals surface area contributed by atoms with Gasteiger partial charge < -0.3 is 14.8 Å². The van der Waals surface area contributed by atoms with E-state index in [1.54, 1.807) is 26.3 Å². The minimum absolute atomic E-state index is 0.0103. The number of thiocarbonyl (C=S) groups is 1. The van der Waals surface area contributed by atoms with Crippen LogP contribution in [0.3, 0.4) is 0 Å². The minimum atomic E-state index is -0.508. The molecule has 2 aromatic rings. The molecule has 8 heteroatoms. The summed E-state index contributed by atoms with van der Waals surface area (Å²) in [5.41, 5.74) is 1.93. The molecule has 1 heterocycles. The Bertz CT molecular complexity index is 949. The second-order valence-electron chi connectivity index (χ2n) is 5.79. The molecule has 1 amide bonds. The van der Waals surface area contributed by atoms with Crippen LogP contribution < -0.4 is 14.8 Å². The average Bonchev–Trinajstić information content (AvgIpc) is 2.89. The Morgan fingerprint density at radius 3 is 2.70 bits per heavy atom. The average molecular weight is 407 g/mol. The molecule has 140 valence electrons. The van der Waals surface area contributed by atoms with Gasteiger partial charge in [-0.2, -0.15) is 0 Å². The van der Waals surface area contributed by atoms with Crippen LogP contribution in [-0.4, -0.2) is 30.1 Å². The summed E-state index contributed by atoms with van der Waals surface area (Å²) in [5.74, 6) is 0.358. The van der Waals surface area contributed by atoms with Gasteiger partial charge in [0.2, 0.25) is 0 Å². The van der Waals surface area contributed by atoms with Gasteiger partial charge in [-0.1, -0.05) is 17.7 Å². The summed E-state index contributed by atoms with van der Waals surface area (Å²) >= 11 is 10.8. The van der Waals surface area contributed by atoms with Gasteiger partial charge in [0.1, 0.15) is 29.6 Å². The number of halogens is 2. The highest BCUT2D eigenvalue weighted by Gasteiger charge is 2.26. The third-order valence-electron chi connectivity index (χ3n) is 3.98. The highest BCUT2D eigenvalue weighted by atomic mass is 35.5. The normalized spacial score (nSPS) is 15.3. The van der Waals surface area contributed by atoms with E-state index in [9.17, 15) is 9.18 Å². The van der Waals surface area contributed by atoms with Gasteiger partial charge in [-0.15, -0.1) is 0 Å². The van der Waals surface area contributed by atoms with Crippen LogP contribution in [0.2, 0.25) is 5.02 Å². The van der Waals surface area contributed by atoms with Gasteiger partial charge in [-0.05, 0) is 48.1 Å². The smallest absolute Gasteiger partial charge is 0.276 e. The van der Waals surface area contributed by atoms with Crippen molar-refractivity contribution >= 4 is 40.9 Å². The zero-order chi connectivity index (χ0) is 19.6. The molecule has 0 spiro atoms. The van der Waals surface area contributed by atoms with Gasteiger partial charge >= 0.3 is 0 Å². The van der Waals surface area contributed by atoms with E-state index in [0.717, 1.165) is 11.1 Å². The highest BCUT2D eigenvalue weighted by molar-refractivity contribution is 7.80. The van der Waals surface area contributed by atoms with Crippen molar-refractivity contribution in [3.05, 3.63) is 64.1 Å². The molecule has 0 aliphatic carbocycles. The monoisotopic (exact) mass is 406 g/mol. The van der Waals surface area contributed by atoms with Gasteiger partial charge in [-0.25, -0.2) is 4.39 Å². The zero-order valence-corrected chi connectivity index (χ0v) is 16.2. The number of hydrogen-bond acceptors (Lipinski definition) is 4. The zero-order valence-electron chi connectivity index (χ0n) is 14.6. The first-order chi connectivity index (χ1) is 12.9. The number of ether oxygens (including phenoxy) is 2. The molecule has 0 atom stereocenters. The van der Waals surface area contributed by atoms with E-state index >= 15 is 0 Å². The first-order valence-electron chi connectivity index (χ1n) is 7.94. The fourth-order valence-corrected chi connectivity index (χ4v) is 2.88. The van der Waals surface area contributed by atoms with Gasteiger partial charge in [0.25, 0.3) is 5.91 Å². The van der Waals surface area contributed by atoms with E-state index in [2.05, 4.69) is 5.32 Å². The largest absolute Gasteiger partial charge is 0.496 e. The Kier molecular flexibility index (Phi) is 5.62. The SMILES string of the molecule is COc1ccc(/C=C2/NC(=S)N(C)C2=O)cc1COc1ccc(F)c(Cl)c1. The lowest BCUT2D eigenvalue weighted by Crippen LogP contribution is -2.25. The summed E-state index contributed by atoms with van der Waals surface area (Å²) in [5, 5.41) is 3.22. The molecule has 0 radical (unpaired) electrons. The lowest BCUT2D eigenvalue weighted by Gasteiger charge is -2.12. The minimum Gasteiger partial charge on any atom is -0.496 e. The standard InChI is InChI=1S/C19H16ClFN2O3S/c1-23-18(24)16(22-19(23)27)8-11-3-6-17(25-2)12(7-11)10-26-13-4-5-15(21)14(20)9-13/h3-9H,10H2,1-2H3,(H,22,27)/b16-8+. The number of amides is 1. The maximum atomic E-state index is 13.3. The van der Waals surface area contributed by atoms with Gasteiger partial charge in [0, 0.05) is 18.7 Å². The second-order valence-corrected chi connectivity index (χ2v) is 6.58. The van der Waals surface area contributed by atoms with E-state index in [4.69, 9.17) is 33.3 Å². The number of carbonyl (C=O) groups is 1. The van der Waals surface area contributed by atoms with Crippen LogP contribution in [0.4, 0.5) is 4.39 Å². The van der Waals surface area contributed by atoms with E-state index < -0.39 is 5.82 Å². The van der Waals surface area contributed by atoms with Crippen molar-refractivity contribution in [2.24, 2.45) is 0 Å². The molecule has 1 aliphatic heterocycles. The van der Waals surface area contributed by atoms with Crippen LogP contribution in [0.5, 0.6) is 11.5 Å². The Hall–Kier alpha value is -2.64. The number of hydrogen-bond donors (Lipinski definition) is 1. The molecular formula is C19H16ClFN2O3S. The molecule has 0 bridgehead atoms. The van der Waals surface area contributed by atoms with Crippen molar-refractivity contribution in [1.29, 1.82) is 0 Å². The van der Waals surface area contributed by atoms with Crippen LogP contribution in [0.15, 0.2) is 42.1 Å². The van der Waals surface area contributed by atoms with Gasteiger partial charge in [0.15, 0.2) is 5.11 Å². The third-order valence-corrected chi connectivity index (χ3v) is 4.65. The number of methoxy groups -OCH3 is 1. The Morgan fingerprint density at radius 2 is 2.07 bits per heavy atom. The predicted octanol–water partition coefficient (Wildman–Crippen LogP) is 3.75. The van der Waals surface area contributed by atoms with Crippen molar-refractivity contribution in [1.82, 2.24) is 10.2 Å². The van der Waals surface area contributed by atoms with E-state index in [1.807, 2.05) is 12.1 Å². The molecule has 3 rings (SSSR count). The number of likely N-dealkylation sites (N-methyl/N-ethyl adjacent to an activating group) is 1. The van der Waals surface area contributed by atoms with Crippen molar-refractivity contribution in [2.75, 3.05) is 14.2 Å². The van der Waals surface area contributed by atoms with Gasteiger partial charge in [0.05, 0.1) is 12.1 Å². The van der Waals surface area contributed by atoms with Crippen LogP contribution in [0.25, 0.3) is 6.08 Å². The molecule has 1 N–H and O–H groups in total. The molecule has 1 saturated heterocycles. The molecule has 0 unspecified atom stereocenters. The molecule has 2 aromatic carbocycles.